The Kier molecular flexibility index (Phi) is 5.27. The zero-order valence-corrected chi connectivity index (χ0v) is 9.99. The van der Waals surface area contributed by atoms with E-state index >= 15 is 0 Å². The molecule has 3 N–H and O–H groups in total. The molecule has 16 heavy (non-hydrogen) atoms. The molecule has 4 nitrogen and oxygen atoms in total. The number of halogens is 1. The van der Waals surface area contributed by atoms with Gasteiger partial charge in [0.25, 0.3) is 0 Å². The predicted molar refractivity (Wildman–Crippen MR) is 56.4 cm³/mol. The van der Waals surface area contributed by atoms with E-state index < -0.39 is 11.5 Å². The topological polar surface area (TPSA) is 72.5 Å². The lowest BCUT2D eigenvalue weighted by Gasteiger charge is -2.21. The van der Waals surface area contributed by atoms with E-state index in [0.29, 0.717) is 6.42 Å². The molecule has 1 atom stereocenters. The molecule has 1 aromatic carbocycles. The summed E-state index contributed by atoms with van der Waals surface area (Å²) in [5.41, 5.74) is 5.65. The minimum atomic E-state index is -1.04. The van der Waals surface area contributed by atoms with Gasteiger partial charge in [0.2, 0.25) is 0 Å². The van der Waals surface area contributed by atoms with Gasteiger partial charge in [-0.15, -0.1) is 0 Å². The maximum absolute atomic E-state index is 11.3. The lowest BCUT2D eigenvalue weighted by Crippen LogP contribution is -3.00. The van der Waals surface area contributed by atoms with Gasteiger partial charge in [0, 0.05) is 6.42 Å². The van der Waals surface area contributed by atoms with Crippen LogP contribution in [0.15, 0.2) is 24.3 Å². The number of ether oxygens (including phenoxy) is 1. The molecular weight excluding hydrogens is 230 g/mol. The number of rotatable bonds is 3. The van der Waals surface area contributed by atoms with Crippen LogP contribution in [0.2, 0.25) is 0 Å². The van der Waals surface area contributed by atoms with E-state index in [1.165, 1.54) is 7.11 Å². The van der Waals surface area contributed by atoms with Crippen molar-refractivity contribution in [2.24, 2.45) is 5.73 Å². The number of aromatic hydroxyl groups is 1. The second-order valence-corrected chi connectivity index (χ2v) is 3.75. The highest BCUT2D eigenvalue weighted by Crippen LogP contribution is 2.15. The molecule has 0 aromatic heterocycles. The second-order valence-electron chi connectivity index (χ2n) is 3.75. The van der Waals surface area contributed by atoms with E-state index in [-0.39, 0.29) is 18.2 Å². The van der Waals surface area contributed by atoms with Gasteiger partial charge in [-0.3, -0.25) is 4.79 Å². The molecule has 0 aliphatic rings. The van der Waals surface area contributed by atoms with E-state index in [0.717, 1.165) is 5.56 Å². The van der Waals surface area contributed by atoms with Crippen LogP contribution in [0.4, 0.5) is 0 Å². The average Bonchev–Trinajstić information content (AvgIpc) is 2.20. The minimum absolute atomic E-state index is 0. The molecule has 1 aromatic rings. The van der Waals surface area contributed by atoms with Gasteiger partial charge in [0.05, 0.1) is 7.11 Å². The van der Waals surface area contributed by atoms with Crippen molar-refractivity contribution in [1.29, 1.82) is 0 Å². The molecule has 0 saturated carbocycles. The van der Waals surface area contributed by atoms with E-state index in [1.807, 2.05) is 0 Å². The van der Waals surface area contributed by atoms with Gasteiger partial charge in [0.15, 0.2) is 0 Å². The first-order valence-electron chi connectivity index (χ1n) is 4.61. The van der Waals surface area contributed by atoms with Gasteiger partial charge in [0.1, 0.15) is 11.3 Å². The van der Waals surface area contributed by atoms with Crippen LogP contribution in [0.25, 0.3) is 0 Å². The number of carbonyl (C=O) groups is 1. The molecule has 0 saturated heterocycles. The molecule has 0 fully saturated rings. The van der Waals surface area contributed by atoms with E-state index in [1.54, 1.807) is 31.2 Å². The highest BCUT2D eigenvalue weighted by Gasteiger charge is 2.29. The Bertz CT molecular complexity index is 349. The van der Waals surface area contributed by atoms with Gasteiger partial charge >= 0.3 is 5.97 Å². The standard InChI is InChI=1S/C11H15NO3.ClH/c1-11(12,10(14)15-2)7-8-3-5-9(13)6-4-8;/h3-6,13H,7,12H2,1-2H3;1H/p-1. The summed E-state index contributed by atoms with van der Waals surface area (Å²) in [6, 6.07) is 6.57. The molecule has 0 aliphatic carbocycles. The number of carbonyl (C=O) groups excluding carboxylic acids is 1. The summed E-state index contributed by atoms with van der Waals surface area (Å²) >= 11 is 0. The molecule has 90 valence electrons. The Labute approximate surface area is 101 Å². The van der Waals surface area contributed by atoms with Gasteiger partial charge in [-0.25, -0.2) is 0 Å². The first-order valence-corrected chi connectivity index (χ1v) is 4.61. The van der Waals surface area contributed by atoms with Crippen LogP contribution >= 0.6 is 0 Å². The Hall–Kier alpha value is -1.26. The van der Waals surface area contributed by atoms with Crippen LogP contribution in [0.1, 0.15) is 12.5 Å². The fraction of sp³-hybridized carbons (Fsp3) is 0.364. The van der Waals surface area contributed by atoms with Gasteiger partial charge in [-0.2, -0.15) is 0 Å². The van der Waals surface area contributed by atoms with E-state index in [2.05, 4.69) is 4.74 Å². The third kappa shape index (κ3) is 3.72. The number of methoxy groups -OCH3 is 1. The summed E-state index contributed by atoms with van der Waals surface area (Å²) < 4.78 is 4.60. The zero-order chi connectivity index (χ0) is 11.5. The summed E-state index contributed by atoms with van der Waals surface area (Å²) in [5, 5.41) is 9.09. The molecule has 0 amide bonds. The maximum Gasteiger partial charge on any atom is 0.325 e. The van der Waals surface area contributed by atoms with Crippen LogP contribution in [-0.2, 0) is 16.0 Å². The number of benzene rings is 1. The van der Waals surface area contributed by atoms with Gasteiger partial charge < -0.3 is 28.0 Å². The van der Waals surface area contributed by atoms with Crippen molar-refractivity contribution in [1.82, 2.24) is 0 Å². The third-order valence-electron chi connectivity index (χ3n) is 2.16. The van der Waals surface area contributed by atoms with Gasteiger partial charge in [-0.1, -0.05) is 12.1 Å². The first-order chi connectivity index (χ1) is 6.95. The number of hydrogen-bond donors (Lipinski definition) is 2. The predicted octanol–water partition coefficient (Wildman–Crippen LogP) is -2.17. The molecule has 0 bridgehead atoms. The van der Waals surface area contributed by atoms with E-state index in [4.69, 9.17) is 10.8 Å². The Morgan fingerprint density at radius 1 is 1.44 bits per heavy atom. The fourth-order valence-electron chi connectivity index (χ4n) is 1.34. The molecule has 0 heterocycles. The molecule has 1 unspecified atom stereocenters. The smallest absolute Gasteiger partial charge is 0.325 e. The molecule has 0 aliphatic heterocycles. The lowest BCUT2D eigenvalue weighted by molar-refractivity contribution is -0.146. The Balaban J connectivity index is 0.00000225. The summed E-state index contributed by atoms with van der Waals surface area (Å²) in [5.74, 6) is -0.258. The Morgan fingerprint density at radius 2 is 1.94 bits per heavy atom. The van der Waals surface area contributed by atoms with Crippen LogP contribution in [-0.4, -0.2) is 23.7 Å². The zero-order valence-electron chi connectivity index (χ0n) is 9.24. The lowest BCUT2D eigenvalue weighted by atomic mass is 9.94. The number of hydrogen-bond acceptors (Lipinski definition) is 4. The summed E-state index contributed by atoms with van der Waals surface area (Å²) in [6.07, 6.45) is 0.375. The number of esters is 1. The second kappa shape index (κ2) is 5.72. The van der Waals surface area contributed by atoms with Crippen LogP contribution in [0, 0.1) is 0 Å². The number of phenols is 1. The monoisotopic (exact) mass is 244 g/mol. The molecule has 0 radical (unpaired) electrons. The van der Waals surface area contributed by atoms with Crippen LogP contribution in [0.5, 0.6) is 5.75 Å². The summed E-state index contributed by atoms with van der Waals surface area (Å²) in [4.78, 5) is 11.3. The van der Waals surface area contributed by atoms with Crippen molar-refractivity contribution >= 4 is 5.97 Å². The van der Waals surface area contributed by atoms with Crippen LogP contribution in [0.3, 0.4) is 0 Å². The molecule has 5 heteroatoms. The van der Waals surface area contributed by atoms with Crippen molar-refractivity contribution in [3.05, 3.63) is 29.8 Å². The van der Waals surface area contributed by atoms with Crippen molar-refractivity contribution in [2.75, 3.05) is 7.11 Å². The van der Waals surface area contributed by atoms with Crippen molar-refractivity contribution in [3.63, 3.8) is 0 Å². The minimum Gasteiger partial charge on any atom is -1.00 e. The van der Waals surface area contributed by atoms with Crippen molar-refractivity contribution in [2.45, 2.75) is 18.9 Å². The third-order valence-corrected chi connectivity index (χ3v) is 2.16. The van der Waals surface area contributed by atoms with Crippen molar-refractivity contribution < 1.29 is 27.0 Å². The number of phenolic OH excluding ortho intramolecular Hbond substituents is 1. The summed E-state index contributed by atoms with van der Waals surface area (Å²) in [7, 11) is 1.31. The maximum atomic E-state index is 11.3. The highest BCUT2D eigenvalue weighted by atomic mass is 35.5. The normalized spacial score (nSPS) is 13.4. The fourth-order valence-corrected chi connectivity index (χ4v) is 1.34. The van der Waals surface area contributed by atoms with Crippen molar-refractivity contribution in [3.8, 4) is 5.75 Å². The van der Waals surface area contributed by atoms with Crippen LogP contribution < -0.4 is 18.1 Å². The first kappa shape index (κ1) is 14.7. The largest absolute Gasteiger partial charge is 1.00 e. The summed E-state index contributed by atoms with van der Waals surface area (Å²) in [6.45, 7) is 1.62. The average molecular weight is 245 g/mol. The SMILES string of the molecule is COC(=O)C(C)(N)Cc1ccc(O)cc1.[Cl-]. The molecular formula is C11H15ClNO3-. The van der Waals surface area contributed by atoms with Gasteiger partial charge in [-0.05, 0) is 24.6 Å². The quantitative estimate of drug-likeness (QED) is 0.594. The highest BCUT2D eigenvalue weighted by molar-refractivity contribution is 5.80. The molecule has 1 rings (SSSR count). The Morgan fingerprint density at radius 3 is 2.38 bits per heavy atom. The van der Waals surface area contributed by atoms with E-state index in [9.17, 15) is 4.79 Å². The molecule has 0 spiro atoms. The number of nitrogens with two attached hydrogens (primary N) is 1.